The standard InChI is InChI=1S/C24H23N3O2S2/c1-15-7-9-18(10-8-15)27-23(29)22-19(13-16(2)31-22)25-24(27)30-14-21(28)26-12-11-17-5-3-4-6-20(17)26/h3-10,16H,11-14H2,1-2H3. The summed E-state index contributed by atoms with van der Waals surface area (Å²) >= 11 is 2.94. The van der Waals surface area contributed by atoms with E-state index in [-0.39, 0.29) is 17.2 Å². The number of benzene rings is 2. The molecule has 158 valence electrons. The molecule has 1 aromatic heterocycles. The monoisotopic (exact) mass is 449 g/mol. The summed E-state index contributed by atoms with van der Waals surface area (Å²) in [6, 6.07) is 15.9. The lowest BCUT2D eigenvalue weighted by Gasteiger charge is -2.18. The van der Waals surface area contributed by atoms with Crippen LogP contribution in [-0.2, 0) is 17.6 Å². The van der Waals surface area contributed by atoms with Gasteiger partial charge in [-0.25, -0.2) is 4.98 Å². The van der Waals surface area contributed by atoms with E-state index < -0.39 is 0 Å². The van der Waals surface area contributed by atoms with Crippen molar-refractivity contribution in [3.8, 4) is 5.69 Å². The zero-order valence-corrected chi connectivity index (χ0v) is 19.1. The van der Waals surface area contributed by atoms with Crippen molar-refractivity contribution in [2.24, 2.45) is 0 Å². The first-order valence-electron chi connectivity index (χ1n) is 10.4. The summed E-state index contributed by atoms with van der Waals surface area (Å²) in [5.74, 6) is 0.289. The number of anilines is 1. The Morgan fingerprint density at radius 3 is 2.77 bits per heavy atom. The average molecular weight is 450 g/mol. The molecule has 0 aliphatic carbocycles. The molecule has 1 amide bonds. The molecule has 3 heterocycles. The van der Waals surface area contributed by atoms with Gasteiger partial charge in [0.15, 0.2) is 5.16 Å². The number of hydrogen-bond donors (Lipinski definition) is 0. The third kappa shape index (κ3) is 3.81. The second kappa shape index (κ2) is 8.20. The van der Waals surface area contributed by atoms with Crippen LogP contribution in [-0.4, -0.2) is 33.0 Å². The number of rotatable bonds is 4. The van der Waals surface area contributed by atoms with Gasteiger partial charge in [0.05, 0.1) is 22.0 Å². The maximum absolute atomic E-state index is 13.4. The number of amides is 1. The largest absolute Gasteiger partial charge is 0.311 e. The van der Waals surface area contributed by atoms with E-state index in [1.54, 1.807) is 16.3 Å². The molecule has 2 aliphatic heterocycles. The minimum atomic E-state index is -0.0373. The molecular formula is C24H23N3O2S2. The van der Waals surface area contributed by atoms with Crippen LogP contribution in [0.5, 0.6) is 0 Å². The van der Waals surface area contributed by atoms with Crippen LogP contribution in [0.2, 0.25) is 0 Å². The predicted molar refractivity (Wildman–Crippen MR) is 127 cm³/mol. The fraction of sp³-hybridized carbons (Fsp3) is 0.292. The van der Waals surface area contributed by atoms with Gasteiger partial charge in [-0.3, -0.25) is 14.2 Å². The van der Waals surface area contributed by atoms with Crippen LogP contribution in [0.1, 0.15) is 23.7 Å². The van der Waals surface area contributed by atoms with E-state index in [1.807, 2.05) is 54.3 Å². The van der Waals surface area contributed by atoms with E-state index in [9.17, 15) is 9.59 Å². The maximum Gasteiger partial charge on any atom is 0.272 e. The Kier molecular flexibility index (Phi) is 5.40. The summed E-state index contributed by atoms with van der Waals surface area (Å²) in [7, 11) is 0. The van der Waals surface area contributed by atoms with Crippen LogP contribution in [0.15, 0.2) is 63.4 Å². The highest BCUT2D eigenvalue weighted by atomic mass is 32.2. The van der Waals surface area contributed by atoms with Crippen molar-refractivity contribution in [1.29, 1.82) is 0 Å². The molecule has 0 N–H and O–H groups in total. The first kappa shape index (κ1) is 20.4. The van der Waals surface area contributed by atoms with Crippen molar-refractivity contribution in [3.63, 3.8) is 0 Å². The number of thioether (sulfide) groups is 2. The molecule has 7 heteroatoms. The van der Waals surface area contributed by atoms with Gasteiger partial charge in [-0.2, -0.15) is 0 Å². The lowest BCUT2D eigenvalue weighted by molar-refractivity contribution is -0.116. The highest BCUT2D eigenvalue weighted by Gasteiger charge is 2.28. The maximum atomic E-state index is 13.4. The molecule has 0 radical (unpaired) electrons. The summed E-state index contributed by atoms with van der Waals surface area (Å²) in [5.41, 5.74) is 4.94. The van der Waals surface area contributed by atoms with Gasteiger partial charge in [0.25, 0.3) is 5.56 Å². The number of nitrogens with zero attached hydrogens (tertiary/aromatic N) is 3. The molecule has 0 saturated heterocycles. The molecule has 2 aliphatic rings. The van der Waals surface area contributed by atoms with Gasteiger partial charge in [0.2, 0.25) is 5.91 Å². The van der Waals surface area contributed by atoms with Gasteiger partial charge in [-0.1, -0.05) is 54.6 Å². The minimum Gasteiger partial charge on any atom is -0.311 e. The summed E-state index contributed by atoms with van der Waals surface area (Å²) in [4.78, 5) is 33.8. The highest BCUT2D eigenvalue weighted by Crippen LogP contribution is 2.35. The van der Waals surface area contributed by atoms with E-state index in [0.29, 0.717) is 17.0 Å². The molecule has 0 bridgehead atoms. The first-order chi connectivity index (χ1) is 15.0. The Labute approximate surface area is 189 Å². The van der Waals surface area contributed by atoms with Gasteiger partial charge in [-0.15, -0.1) is 11.8 Å². The lowest BCUT2D eigenvalue weighted by atomic mass is 10.2. The van der Waals surface area contributed by atoms with Crippen LogP contribution in [0.25, 0.3) is 5.69 Å². The minimum absolute atomic E-state index is 0.0373. The van der Waals surface area contributed by atoms with E-state index in [1.165, 1.54) is 17.3 Å². The normalized spacial score (nSPS) is 17.0. The average Bonchev–Trinajstić information content (AvgIpc) is 3.36. The summed E-state index contributed by atoms with van der Waals surface area (Å²) in [5, 5.41) is 0.924. The summed E-state index contributed by atoms with van der Waals surface area (Å²) in [6.07, 6.45) is 1.66. The molecular weight excluding hydrogens is 426 g/mol. The van der Waals surface area contributed by atoms with E-state index >= 15 is 0 Å². The van der Waals surface area contributed by atoms with Crippen molar-refractivity contribution in [2.75, 3.05) is 17.2 Å². The Bertz CT molecular complexity index is 1220. The van der Waals surface area contributed by atoms with Crippen molar-refractivity contribution in [3.05, 3.63) is 75.7 Å². The molecule has 5 rings (SSSR count). The zero-order chi connectivity index (χ0) is 21.5. The molecule has 2 aromatic carbocycles. The molecule has 1 atom stereocenters. The summed E-state index contributed by atoms with van der Waals surface area (Å²) in [6.45, 7) is 4.84. The molecule has 1 unspecified atom stereocenters. The first-order valence-corrected chi connectivity index (χ1v) is 12.3. The Morgan fingerprint density at radius 2 is 1.97 bits per heavy atom. The number of carbonyl (C=O) groups excluding carboxylic acids is 1. The molecule has 0 fully saturated rings. The van der Waals surface area contributed by atoms with Crippen molar-refractivity contribution in [2.45, 2.75) is 42.0 Å². The number of aryl methyl sites for hydroxylation is 1. The number of fused-ring (bicyclic) bond motifs is 2. The Balaban J connectivity index is 1.47. The van der Waals surface area contributed by atoms with Crippen LogP contribution >= 0.6 is 23.5 Å². The second-order valence-corrected chi connectivity index (χ2v) is 10.4. The molecule has 0 spiro atoms. The second-order valence-electron chi connectivity index (χ2n) is 7.99. The third-order valence-electron chi connectivity index (χ3n) is 5.69. The van der Waals surface area contributed by atoms with Crippen LogP contribution < -0.4 is 10.5 Å². The van der Waals surface area contributed by atoms with E-state index in [0.717, 1.165) is 40.4 Å². The Hall–Kier alpha value is -2.51. The van der Waals surface area contributed by atoms with Gasteiger partial charge in [0.1, 0.15) is 0 Å². The van der Waals surface area contributed by atoms with Crippen LogP contribution in [0, 0.1) is 6.92 Å². The van der Waals surface area contributed by atoms with Crippen molar-refractivity contribution >= 4 is 35.1 Å². The molecule has 3 aromatic rings. The third-order valence-corrected chi connectivity index (χ3v) is 7.82. The van der Waals surface area contributed by atoms with E-state index in [2.05, 4.69) is 13.0 Å². The van der Waals surface area contributed by atoms with Gasteiger partial charge >= 0.3 is 0 Å². The van der Waals surface area contributed by atoms with Gasteiger partial charge < -0.3 is 4.90 Å². The topological polar surface area (TPSA) is 55.2 Å². The smallest absolute Gasteiger partial charge is 0.272 e. The van der Waals surface area contributed by atoms with Crippen LogP contribution in [0.3, 0.4) is 0 Å². The predicted octanol–water partition coefficient (Wildman–Crippen LogP) is 4.26. The number of aromatic nitrogens is 2. The van der Waals surface area contributed by atoms with E-state index in [4.69, 9.17) is 4.98 Å². The van der Waals surface area contributed by atoms with Crippen molar-refractivity contribution < 1.29 is 4.79 Å². The number of carbonyl (C=O) groups is 1. The van der Waals surface area contributed by atoms with Gasteiger partial charge in [0, 0.05) is 23.9 Å². The molecule has 31 heavy (non-hydrogen) atoms. The molecule has 0 saturated carbocycles. The fourth-order valence-corrected chi connectivity index (χ4v) is 6.12. The highest BCUT2D eigenvalue weighted by molar-refractivity contribution is 8.00. The fourth-order valence-electron chi connectivity index (χ4n) is 4.12. The number of hydrogen-bond acceptors (Lipinski definition) is 5. The lowest BCUT2D eigenvalue weighted by Crippen LogP contribution is -2.31. The van der Waals surface area contributed by atoms with Crippen molar-refractivity contribution in [1.82, 2.24) is 9.55 Å². The SMILES string of the molecule is Cc1ccc(-n2c(SCC(=O)N3CCc4ccccc43)nc3c(c2=O)SC(C)C3)cc1. The summed E-state index contributed by atoms with van der Waals surface area (Å²) < 4.78 is 1.67. The van der Waals surface area contributed by atoms with Gasteiger partial charge in [-0.05, 0) is 37.1 Å². The number of para-hydroxylation sites is 1. The quantitative estimate of drug-likeness (QED) is 0.440. The zero-order valence-electron chi connectivity index (χ0n) is 17.5. The molecule has 5 nitrogen and oxygen atoms in total. The van der Waals surface area contributed by atoms with Crippen LogP contribution in [0.4, 0.5) is 5.69 Å². The Morgan fingerprint density at radius 1 is 1.19 bits per heavy atom.